The second-order valence-electron chi connectivity index (χ2n) is 6.32. The summed E-state index contributed by atoms with van der Waals surface area (Å²) < 4.78 is 55.5. The molecule has 2 aromatic rings. The molecule has 0 saturated heterocycles. The first kappa shape index (κ1) is 22.7. The van der Waals surface area contributed by atoms with Crippen LogP contribution in [0, 0.1) is 0 Å². The van der Waals surface area contributed by atoms with Gasteiger partial charge in [0, 0.05) is 25.3 Å². The van der Waals surface area contributed by atoms with E-state index in [9.17, 15) is 21.6 Å². The van der Waals surface area contributed by atoms with Crippen molar-refractivity contribution < 1.29 is 26.4 Å². The van der Waals surface area contributed by atoms with Crippen molar-refractivity contribution in [1.82, 2.24) is 9.62 Å². The van der Waals surface area contributed by atoms with Gasteiger partial charge in [-0.3, -0.25) is 9.52 Å². The number of benzene rings is 2. The third-order valence-corrected chi connectivity index (χ3v) is 6.12. The highest BCUT2D eigenvalue weighted by Gasteiger charge is 2.16. The van der Waals surface area contributed by atoms with Gasteiger partial charge in [0.25, 0.3) is 5.91 Å². The third kappa shape index (κ3) is 6.73. The van der Waals surface area contributed by atoms with Crippen LogP contribution in [-0.2, 0) is 20.0 Å². The number of carbonyl (C=O) groups is 1. The number of nitrogens with one attached hydrogen (secondary N) is 2. The maximum absolute atomic E-state index is 12.2. The maximum atomic E-state index is 12.2. The van der Waals surface area contributed by atoms with Crippen LogP contribution in [0.25, 0.3) is 0 Å². The van der Waals surface area contributed by atoms with Crippen molar-refractivity contribution in [2.45, 2.75) is 4.90 Å². The lowest BCUT2D eigenvalue weighted by atomic mass is 10.2. The van der Waals surface area contributed by atoms with E-state index >= 15 is 0 Å². The monoisotopic (exact) mass is 441 g/mol. The van der Waals surface area contributed by atoms with Crippen molar-refractivity contribution in [2.75, 3.05) is 38.2 Å². The third-order valence-electron chi connectivity index (χ3n) is 3.69. The molecule has 0 aromatic heterocycles. The van der Waals surface area contributed by atoms with E-state index in [1.165, 1.54) is 32.3 Å². The molecule has 0 radical (unpaired) electrons. The van der Waals surface area contributed by atoms with Crippen LogP contribution in [0.2, 0.25) is 0 Å². The molecule has 0 bridgehead atoms. The van der Waals surface area contributed by atoms with Crippen molar-refractivity contribution in [2.24, 2.45) is 0 Å². The van der Waals surface area contributed by atoms with Crippen molar-refractivity contribution in [1.29, 1.82) is 0 Å². The van der Waals surface area contributed by atoms with Crippen molar-refractivity contribution in [3.63, 3.8) is 0 Å². The molecule has 2 aromatic carbocycles. The molecular weight excluding hydrogens is 418 g/mol. The largest absolute Gasteiger partial charge is 0.492 e. The van der Waals surface area contributed by atoms with Crippen molar-refractivity contribution >= 4 is 31.6 Å². The zero-order valence-electron chi connectivity index (χ0n) is 16.2. The molecule has 9 nitrogen and oxygen atoms in total. The topological polar surface area (TPSA) is 122 Å². The van der Waals surface area contributed by atoms with Gasteiger partial charge in [-0.2, -0.15) is 0 Å². The Morgan fingerprint density at radius 1 is 1.03 bits per heavy atom. The molecule has 158 valence electrons. The number of rotatable bonds is 9. The summed E-state index contributed by atoms with van der Waals surface area (Å²) in [5.41, 5.74) is 0.598. The first-order chi connectivity index (χ1) is 13.5. The smallest absolute Gasteiger partial charge is 0.251 e. The molecule has 0 aliphatic carbocycles. The van der Waals surface area contributed by atoms with Gasteiger partial charge >= 0.3 is 0 Å². The Morgan fingerprint density at radius 2 is 1.69 bits per heavy atom. The summed E-state index contributed by atoms with van der Waals surface area (Å²) in [6.45, 7) is 0.382. The Labute approximate surface area is 170 Å². The average Bonchev–Trinajstić information content (AvgIpc) is 2.64. The SMILES string of the molecule is CN(C)S(=O)(=O)c1ccc(OCCNC(=O)c2cccc(NS(C)(=O)=O)c2)cc1. The van der Waals surface area contributed by atoms with Gasteiger partial charge in [-0.1, -0.05) is 6.07 Å². The first-order valence-corrected chi connectivity index (χ1v) is 11.8. The minimum absolute atomic E-state index is 0.158. The summed E-state index contributed by atoms with van der Waals surface area (Å²) >= 11 is 0. The fourth-order valence-electron chi connectivity index (χ4n) is 2.29. The van der Waals surface area contributed by atoms with Crippen molar-refractivity contribution in [3.05, 3.63) is 54.1 Å². The molecule has 2 rings (SSSR count). The molecular formula is C18H23N3O6S2. The highest BCUT2D eigenvalue weighted by Crippen LogP contribution is 2.18. The van der Waals surface area contributed by atoms with Gasteiger partial charge in [0.2, 0.25) is 20.0 Å². The minimum atomic E-state index is -3.50. The highest BCUT2D eigenvalue weighted by atomic mass is 32.2. The van der Waals surface area contributed by atoms with Crippen LogP contribution in [0.1, 0.15) is 10.4 Å². The van der Waals surface area contributed by atoms with Crippen LogP contribution in [0.5, 0.6) is 5.75 Å². The molecule has 1 amide bonds. The molecule has 29 heavy (non-hydrogen) atoms. The number of amides is 1. The molecule has 0 aliphatic rings. The fourth-order valence-corrected chi connectivity index (χ4v) is 3.75. The number of ether oxygens (including phenoxy) is 1. The van der Waals surface area contributed by atoms with E-state index in [4.69, 9.17) is 4.74 Å². The number of hydrogen-bond donors (Lipinski definition) is 2. The van der Waals surface area contributed by atoms with E-state index in [0.29, 0.717) is 17.0 Å². The van der Waals surface area contributed by atoms with E-state index in [0.717, 1.165) is 10.6 Å². The Hall–Kier alpha value is -2.63. The molecule has 0 heterocycles. The average molecular weight is 442 g/mol. The van der Waals surface area contributed by atoms with E-state index in [-0.39, 0.29) is 24.0 Å². The van der Waals surface area contributed by atoms with Crippen LogP contribution < -0.4 is 14.8 Å². The number of sulfonamides is 2. The van der Waals surface area contributed by atoms with Gasteiger partial charge in [0.1, 0.15) is 12.4 Å². The molecule has 0 unspecified atom stereocenters. The summed E-state index contributed by atoms with van der Waals surface area (Å²) in [5.74, 6) is 0.0921. The van der Waals surface area contributed by atoms with E-state index in [1.807, 2.05) is 0 Å². The van der Waals surface area contributed by atoms with Crippen LogP contribution in [0.15, 0.2) is 53.4 Å². The zero-order valence-corrected chi connectivity index (χ0v) is 17.9. The van der Waals surface area contributed by atoms with Crippen LogP contribution in [-0.4, -0.2) is 60.6 Å². The number of carbonyl (C=O) groups excluding carboxylic acids is 1. The predicted molar refractivity (Wildman–Crippen MR) is 110 cm³/mol. The van der Waals surface area contributed by atoms with Crippen LogP contribution >= 0.6 is 0 Å². The lowest BCUT2D eigenvalue weighted by Crippen LogP contribution is -2.28. The minimum Gasteiger partial charge on any atom is -0.492 e. The molecule has 2 N–H and O–H groups in total. The summed E-state index contributed by atoms with van der Waals surface area (Å²) in [4.78, 5) is 12.3. The summed E-state index contributed by atoms with van der Waals surface area (Å²) in [6, 6.07) is 12.1. The lowest BCUT2D eigenvalue weighted by molar-refractivity contribution is 0.0947. The molecule has 0 fully saturated rings. The second-order valence-corrected chi connectivity index (χ2v) is 10.2. The molecule has 0 aliphatic heterocycles. The van der Waals surface area contributed by atoms with E-state index < -0.39 is 20.0 Å². The zero-order chi connectivity index (χ0) is 21.7. The number of anilines is 1. The summed E-state index contributed by atoms with van der Waals surface area (Å²) in [5, 5.41) is 2.67. The molecule has 11 heteroatoms. The highest BCUT2D eigenvalue weighted by molar-refractivity contribution is 7.92. The van der Waals surface area contributed by atoms with Gasteiger partial charge in [-0.15, -0.1) is 0 Å². The quantitative estimate of drug-likeness (QED) is 0.563. The fraction of sp³-hybridized carbons (Fsp3) is 0.278. The number of nitrogens with zero attached hydrogens (tertiary/aromatic N) is 1. The molecule has 0 atom stereocenters. The van der Waals surface area contributed by atoms with Crippen LogP contribution in [0.4, 0.5) is 5.69 Å². The van der Waals surface area contributed by atoms with Gasteiger partial charge < -0.3 is 10.1 Å². The van der Waals surface area contributed by atoms with Gasteiger partial charge in [-0.05, 0) is 42.5 Å². The maximum Gasteiger partial charge on any atom is 0.251 e. The number of hydrogen-bond acceptors (Lipinski definition) is 6. The first-order valence-electron chi connectivity index (χ1n) is 8.50. The molecule has 0 saturated carbocycles. The Morgan fingerprint density at radius 3 is 2.28 bits per heavy atom. The van der Waals surface area contributed by atoms with Gasteiger partial charge in [0.05, 0.1) is 17.7 Å². The Bertz CT molecular complexity index is 1070. The van der Waals surface area contributed by atoms with Crippen molar-refractivity contribution in [3.8, 4) is 5.75 Å². The molecule has 0 spiro atoms. The standard InChI is InChI=1S/C18H23N3O6S2/c1-21(2)29(25,26)17-9-7-16(8-10-17)27-12-11-19-18(22)14-5-4-6-15(13-14)20-28(3,23)24/h4-10,13,20H,11-12H2,1-3H3,(H,19,22). The van der Waals surface area contributed by atoms with E-state index in [1.54, 1.807) is 30.3 Å². The summed E-state index contributed by atoms with van der Waals surface area (Å²) in [7, 11) is -4.02. The lowest BCUT2D eigenvalue weighted by Gasteiger charge is -2.12. The Kier molecular flexibility index (Phi) is 7.22. The van der Waals surface area contributed by atoms with Gasteiger partial charge in [0.15, 0.2) is 0 Å². The normalized spacial score (nSPS) is 11.9. The predicted octanol–water partition coefficient (Wildman–Crippen LogP) is 1.12. The van der Waals surface area contributed by atoms with Gasteiger partial charge in [-0.25, -0.2) is 21.1 Å². The van der Waals surface area contributed by atoms with Crippen LogP contribution in [0.3, 0.4) is 0 Å². The second kappa shape index (κ2) is 9.25. The van der Waals surface area contributed by atoms with E-state index in [2.05, 4.69) is 10.0 Å². The Balaban J connectivity index is 1.86. The summed E-state index contributed by atoms with van der Waals surface area (Å²) in [6.07, 6.45) is 1.03.